The molecule has 5 heteroatoms. The number of benzene rings is 1. The minimum absolute atomic E-state index is 0.278. The average molecular weight is 264 g/mol. The third-order valence-corrected chi connectivity index (χ3v) is 2.87. The van der Waals surface area contributed by atoms with Gasteiger partial charge in [0.05, 0.1) is 12.7 Å². The third kappa shape index (κ3) is 4.02. The molecule has 0 amide bonds. The molecular formula is C14H20N2O3. The van der Waals surface area contributed by atoms with Crippen LogP contribution in [0.5, 0.6) is 0 Å². The highest BCUT2D eigenvalue weighted by molar-refractivity contribution is 5.57. The maximum Gasteiger partial charge on any atom is 0.184 e. The van der Waals surface area contributed by atoms with E-state index in [0.29, 0.717) is 6.42 Å². The van der Waals surface area contributed by atoms with Gasteiger partial charge in [-0.2, -0.15) is 5.10 Å². The molecule has 0 aromatic heterocycles. The van der Waals surface area contributed by atoms with E-state index in [1.807, 2.05) is 44.4 Å². The Balaban J connectivity index is 1.96. The Morgan fingerprint density at radius 1 is 1.37 bits per heavy atom. The minimum atomic E-state index is -0.617. The summed E-state index contributed by atoms with van der Waals surface area (Å²) in [6.45, 7) is 0.278. The van der Waals surface area contributed by atoms with Crippen molar-refractivity contribution < 1.29 is 14.6 Å². The maximum absolute atomic E-state index is 9.87. The molecule has 1 aromatic rings. The van der Waals surface area contributed by atoms with E-state index in [-0.39, 0.29) is 12.7 Å². The van der Waals surface area contributed by atoms with Crippen LogP contribution in [0.15, 0.2) is 35.4 Å². The van der Waals surface area contributed by atoms with Crippen molar-refractivity contribution in [2.45, 2.75) is 24.9 Å². The van der Waals surface area contributed by atoms with Gasteiger partial charge >= 0.3 is 0 Å². The molecule has 0 aliphatic carbocycles. The first-order chi connectivity index (χ1) is 9.16. The molecule has 0 radical (unpaired) electrons. The van der Waals surface area contributed by atoms with Crippen LogP contribution in [-0.4, -0.2) is 49.2 Å². The van der Waals surface area contributed by atoms with Crippen LogP contribution in [-0.2, 0) is 9.47 Å². The van der Waals surface area contributed by atoms with Gasteiger partial charge in [0.15, 0.2) is 6.29 Å². The second-order valence-corrected chi connectivity index (χ2v) is 4.70. The highest BCUT2D eigenvalue weighted by Gasteiger charge is 2.30. The van der Waals surface area contributed by atoms with Crippen molar-refractivity contribution in [1.82, 2.24) is 5.01 Å². The Bertz CT molecular complexity index is 408. The first kappa shape index (κ1) is 14.0. The monoisotopic (exact) mass is 264 g/mol. The Morgan fingerprint density at radius 2 is 2.11 bits per heavy atom. The van der Waals surface area contributed by atoms with E-state index in [1.165, 1.54) is 0 Å². The van der Waals surface area contributed by atoms with Gasteiger partial charge < -0.3 is 19.6 Å². The Hall–Kier alpha value is -1.43. The van der Waals surface area contributed by atoms with Gasteiger partial charge in [-0.3, -0.25) is 0 Å². The van der Waals surface area contributed by atoms with Crippen LogP contribution < -0.4 is 0 Å². The van der Waals surface area contributed by atoms with Gasteiger partial charge in [0.25, 0.3) is 0 Å². The number of aliphatic hydroxyl groups excluding tert-OH is 1. The molecule has 0 spiro atoms. The summed E-state index contributed by atoms with van der Waals surface area (Å²) in [7, 11) is 3.70. The number of aliphatic hydroxyl groups is 1. The quantitative estimate of drug-likeness (QED) is 0.659. The second kappa shape index (κ2) is 6.65. The van der Waals surface area contributed by atoms with Crippen molar-refractivity contribution in [3.63, 3.8) is 0 Å². The fraction of sp³-hybridized carbons (Fsp3) is 0.500. The highest BCUT2D eigenvalue weighted by atomic mass is 16.7. The van der Waals surface area contributed by atoms with Crippen LogP contribution in [0.2, 0.25) is 0 Å². The van der Waals surface area contributed by atoms with Crippen molar-refractivity contribution in [3.8, 4) is 0 Å². The molecule has 2 rings (SSSR count). The van der Waals surface area contributed by atoms with Gasteiger partial charge in [-0.1, -0.05) is 30.3 Å². The average Bonchev–Trinajstić information content (AvgIpc) is 2.41. The summed E-state index contributed by atoms with van der Waals surface area (Å²) in [4.78, 5) is 0. The van der Waals surface area contributed by atoms with Crippen LogP contribution in [0.1, 0.15) is 18.3 Å². The molecule has 0 saturated carbocycles. The summed E-state index contributed by atoms with van der Waals surface area (Å²) < 4.78 is 11.3. The number of hydrogen-bond acceptors (Lipinski definition) is 5. The molecule has 1 fully saturated rings. The molecule has 5 nitrogen and oxygen atoms in total. The number of rotatable bonds is 4. The lowest BCUT2D eigenvalue weighted by atomic mass is 10.1. The minimum Gasteiger partial charge on any atom is -0.388 e. The molecule has 1 aromatic carbocycles. The van der Waals surface area contributed by atoms with Crippen molar-refractivity contribution in [2.75, 3.05) is 20.7 Å². The zero-order valence-electron chi connectivity index (χ0n) is 11.3. The van der Waals surface area contributed by atoms with Gasteiger partial charge in [-0.15, -0.1) is 0 Å². The largest absolute Gasteiger partial charge is 0.388 e. The molecule has 19 heavy (non-hydrogen) atoms. The molecule has 0 unspecified atom stereocenters. The van der Waals surface area contributed by atoms with Crippen molar-refractivity contribution in [1.29, 1.82) is 0 Å². The number of ether oxygens (including phenoxy) is 2. The lowest BCUT2D eigenvalue weighted by Crippen LogP contribution is -2.40. The van der Waals surface area contributed by atoms with Crippen LogP contribution in [0.25, 0.3) is 0 Å². The number of hydrogen-bond donors (Lipinski definition) is 1. The SMILES string of the molecule is CN(C)/N=C/C[C@@H]1O[C@H](c2ccccc2)OC[C@H]1O. The van der Waals surface area contributed by atoms with Gasteiger partial charge in [-0.25, -0.2) is 0 Å². The standard InChI is InChI=1S/C14H20N2O3/c1-16(2)15-9-8-13-12(17)10-18-14(19-13)11-6-4-3-5-7-11/h3-7,9,12-14,17H,8,10H2,1-2H3/b15-9+/t12-,13+,14-/m1/s1. The van der Waals surface area contributed by atoms with Crippen molar-refractivity contribution in [2.24, 2.45) is 5.10 Å². The van der Waals surface area contributed by atoms with E-state index in [2.05, 4.69) is 5.10 Å². The maximum atomic E-state index is 9.87. The Labute approximate surface area is 113 Å². The second-order valence-electron chi connectivity index (χ2n) is 4.70. The zero-order valence-corrected chi connectivity index (χ0v) is 11.3. The molecule has 1 heterocycles. The highest BCUT2D eigenvalue weighted by Crippen LogP contribution is 2.27. The van der Waals surface area contributed by atoms with Gasteiger partial charge in [-0.05, 0) is 0 Å². The smallest absolute Gasteiger partial charge is 0.184 e. The molecular weight excluding hydrogens is 244 g/mol. The zero-order chi connectivity index (χ0) is 13.7. The third-order valence-electron chi connectivity index (χ3n) is 2.87. The molecule has 1 saturated heterocycles. The van der Waals surface area contributed by atoms with Crippen LogP contribution in [0.4, 0.5) is 0 Å². The van der Waals surface area contributed by atoms with E-state index in [0.717, 1.165) is 5.56 Å². The van der Waals surface area contributed by atoms with Gasteiger partial charge in [0.2, 0.25) is 0 Å². The summed E-state index contributed by atoms with van der Waals surface area (Å²) in [6, 6.07) is 9.73. The van der Waals surface area contributed by atoms with Crippen LogP contribution in [0, 0.1) is 0 Å². The van der Waals surface area contributed by atoms with Crippen molar-refractivity contribution >= 4 is 6.21 Å². The summed E-state index contributed by atoms with van der Waals surface area (Å²) in [5.41, 5.74) is 0.962. The summed E-state index contributed by atoms with van der Waals surface area (Å²) in [5.74, 6) is 0. The Kier molecular flexibility index (Phi) is 4.90. The molecule has 1 N–H and O–H groups in total. The molecule has 3 atom stereocenters. The van der Waals surface area contributed by atoms with Crippen LogP contribution >= 0.6 is 0 Å². The summed E-state index contributed by atoms with van der Waals surface area (Å²) >= 11 is 0. The van der Waals surface area contributed by atoms with Gasteiger partial charge in [0.1, 0.15) is 6.10 Å². The predicted molar refractivity (Wildman–Crippen MR) is 72.8 cm³/mol. The fourth-order valence-electron chi connectivity index (χ4n) is 1.89. The van der Waals surface area contributed by atoms with Gasteiger partial charge in [0, 0.05) is 32.3 Å². The summed E-state index contributed by atoms with van der Waals surface area (Å²) in [5, 5.41) is 15.7. The van der Waals surface area contributed by atoms with E-state index in [4.69, 9.17) is 9.47 Å². The first-order valence-corrected chi connectivity index (χ1v) is 6.36. The van der Waals surface area contributed by atoms with E-state index >= 15 is 0 Å². The molecule has 104 valence electrons. The van der Waals surface area contributed by atoms with E-state index in [1.54, 1.807) is 11.2 Å². The number of hydrazone groups is 1. The lowest BCUT2D eigenvalue weighted by molar-refractivity contribution is -0.254. The molecule has 1 aliphatic rings. The summed E-state index contributed by atoms with van der Waals surface area (Å²) in [6.07, 6.45) is 0.992. The van der Waals surface area contributed by atoms with E-state index in [9.17, 15) is 5.11 Å². The topological polar surface area (TPSA) is 54.3 Å². The molecule has 0 bridgehead atoms. The lowest BCUT2D eigenvalue weighted by Gasteiger charge is -2.33. The first-order valence-electron chi connectivity index (χ1n) is 6.36. The fourth-order valence-corrected chi connectivity index (χ4v) is 1.89. The normalized spacial score (nSPS) is 27.6. The Morgan fingerprint density at radius 3 is 2.79 bits per heavy atom. The van der Waals surface area contributed by atoms with E-state index < -0.39 is 12.4 Å². The van der Waals surface area contributed by atoms with Crippen LogP contribution in [0.3, 0.4) is 0 Å². The number of nitrogens with zero attached hydrogens (tertiary/aromatic N) is 2. The van der Waals surface area contributed by atoms with Crippen molar-refractivity contribution in [3.05, 3.63) is 35.9 Å². The molecule has 1 aliphatic heterocycles. The predicted octanol–water partition coefficient (Wildman–Crippen LogP) is 1.40.